The molecule has 0 spiro atoms. The van der Waals surface area contributed by atoms with Crippen LogP contribution in [0.2, 0.25) is 0 Å². The molecule has 1 aromatic rings. The van der Waals surface area contributed by atoms with Gasteiger partial charge in [0.05, 0.1) is 16.4 Å². The number of aryl methyl sites for hydroxylation is 1. The summed E-state index contributed by atoms with van der Waals surface area (Å²) in [5.74, 6) is -0.442. The van der Waals surface area contributed by atoms with Gasteiger partial charge in [-0.2, -0.15) is 0 Å². The molecule has 1 N–H and O–H groups in total. The van der Waals surface area contributed by atoms with Crippen molar-refractivity contribution in [1.82, 2.24) is 0 Å². The summed E-state index contributed by atoms with van der Waals surface area (Å²) in [4.78, 5) is 11.8. The van der Waals surface area contributed by atoms with Gasteiger partial charge in [-0.3, -0.25) is 4.21 Å². The molecule has 0 aliphatic rings. The second-order valence-corrected chi connectivity index (χ2v) is 5.21. The average Bonchev–Trinajstić information content (AvgIpc) is 2.26. The van der Waals surface area contributed by atoms with Crippen LogP contribution in [0.15, 0.2) is 17.0 Å². The zero-order valence-electron chi connectivity index (χ0n) is 9.74. The van der Waals surface area contributed by atoms with Crippen molar-refractivity contribution in [3.63, 3.8) is 0 Å². The Hall–Kier alpha value is -1.16. The smallest absolute Gasteiger partial charge is 0.336 e. The second-order valence-electron chi connectivity index (χ2n) is 3.53. The molecule has 16 heavy (non-hydrogen) atoms. The molecule has 0 radical (unpaired) electrons. The maximum atomic E-state index is 11.9. The van der Waals surface area contributed by atoms with Gasteiger partial charge in [0.2, 0.25) is 0 Å². The number of aromatic carboxylic acids is 1. The van der Waals surface area contributed by atoms with Gasteiger partial charge in [-0.25, -0.2) is 4.79 Å². The zero-order chi connectivity index (χ0) is 12.3. The highest BCUT2D eigenvalue weighted by Gasteiger charge is 2.17. The molecule has 0 bridgehead atoms. The van der Waals surface area contributed by atoms with Crippen molar-refractivity contribution in [3.05, 3.63) is 28.8 Å². The van der Waals surface area contributed by atoms with Gasteiger partial charge in [0.15, 0.2) is 0 Å². The van der Waals surface area contributed by atoms with Gasteiger partial charge in [0, 0.05) is 10.6 Å². The first kappa shape index (κ1) is 12.9. The van der Waals surface area contributed by atoms with Crippen LogP contribution in [0, 0.1) is 6.92 Å². The summed E-state index contributed by atoms with van der Waals surface area (Å²) in [5.41, 5.74) is 1.87. The van der Waals surface area contributed by atoms with E-state index >= 15 is 0 Å². The van der Waals surface area contributed by atoms with Gasteiger partial charge in [0.25, 0.3) is 0 Å². The van der Waals surface area contributed by atoms with E-state index in [0.717, 1.165) is 5.56 Å². The third-order valence-electron chi connectivity index (χ3n) is 2.53. The predicted octanol–water partition coefficient (Wildman–Crippen LogP) is 2.38. The van der Waals surface area contributed by atoms with E-state index in [9.17, 15) is 9.00 Å². The Morgan fingerprint density at radius 2 is 2.00 bits per heavy atom. The van der Waals surface area contributed by atoms with Crippen molar-refractivity contribution >= 4 is 16.8 Å². The Bertz CT molecular complexity index is 438. The van der Waals surface area contributed by atoms with Crippen LogP contribution in [0.4, 0.5) is 0 Å². The summed E-state index contributed by atoms with van der Waals surface area (Å²) in [6.07, 6.45) is 0.588. The van der Waals surface area contributed by atoms with E-state index in [-0.39, 0.29) is 5.56 Å². The van der Waals surface area contributed by atoms with Crippen molar-refractivity contribution in [2.24, 2.45) is 0 Å². The summed E-state index contributed by atoms with van der Waals surface area (Å²) < 4.78 is 11.9. The highest BCUT2D eigenvalue weighted by Crippen LogP contribution is 2.23. The molecule has 3 nitrogen and oxygen atoms in total. The van der Waals surface area contributed by atoms with E-state index in [4.69, 9.17) is 5.11 Å². The standard InChI is InChI=1S/C12H16O3S/c1-4-9-10(12(13)14)7-6-8(3)11(9)16(15)5-2/h6-7H,4-5H2,1-3H3,(H,13,14)/t16-/m0/s1. The molecular weight excluding hydrogens is 224 g/mol. The lowest BCUT2D eigenvalue weighted by Gasteiger charge is -2.12. The number of carbonyl (C=O) groups is 1. The fourth-order valence-corrected chi connectivity index (χ4v) is 3.00. The van der Waals surface area contributed by atoms with Crippen LogP contribution in [-0.2, 0) is 17.2 Å². The Labute approximate surface area is 98.0 Å². The third-order valence-corrected chi connectivity index (χ3v) is 4.08. The molecule has 0 aromatic heterocycles. The molecule has 0 aliphatic carbocycles. The van der Waals surface area contributed by atoms with Gasteiger partial charge in [-0.15, -0.1) is 0 Å². The molecule has 4 heteroatoms. The van der Waals surface area contributed by atoms with Crippen molar-refractivity contribution in [2.45, 2.75) is 32.1 Å². The minimum atomic E-state index is -1.10. The van der Waals surface area contributed by atoms with Gasteiger partial charge < -0.3 is 5.11 Å². The van der Waals surface area contributed by atoms with Crippen molar-refractivity contribution in [2.75, 3.05) is 5.75 Å². The topological polar surface area (TPSA) is 54.4 Å². The normalized spacial score (nSPS) is 12.4. The molecule has 0 heterocycles. The van der Waals surface area contributed by atoms with E-state index in [1.54, 1.807) is 12.1 Å². The first-order chi connectivity index (χ1) is 7.52. The van der Waals surface area contributed by atoms with Gasteiger partial charge in [0.1, 0.15) is 0 Å². The Morgan fingerprint density at radius 1 is 1.38 bits per heavy atom. The minimum Gasteiger partial charge on any atom is -0.478 e. The molecule has 1 rings (SSSR count). The number of carboxylic acids is 1. The SMILES string of the molecule is CCc1c(C(=O)O)ccc(C)c1[S@@](=O)CC. The van der Waals surface area contributed by atoms with E-state index in [2.05, 4.69) is 0 Å². The van der Waals surface area contributed by atoms with Crippen LogP contribution in [0.25, 0.3) is 0 Å². The van der Waals surface area contributed by atoms with Gasteiger partial charge in [-0.05, 0) is 30.5 Å². The molecule has 0 aliphatic heterocycles. The van der Waals surface area contributed by atoms with Crippen LogP contribution >= 0.6 is 0 Å². The Balaban J connectivity index is 3.50. The maximum absolute atomic E-state index is 11.9. The first-order valence-electron chi connectivity index (χ1n) is 5.27. The van der Waals surface area contributed by atoms with Crippen LogP contribution in [0.1, 0.15) is 35.3 Å². The molecule has 0 saturated carbocycles. The Kier molecular flexibility index (Phi) is 4.24. The third kappa shape index (κ3) is 2.32. The summed E-state index contributed by atoms with van der Waals surface area (Å²) in [7, 11) is -1.10. The number of rotatable bonds is 4. The lowest BCUT2D eigenvalue weighted by molar-refractivity contribution is 0.0695. The van der Waals surface area contributed by atoms with Crippen molar-refractivity contribution in [3.8, 4) is 0 Å². The number of benzene rings is 1. The lowest BCUT2D eigenvalue weighted by atomic mass is 10.0. The minimum absolute atomic E-state index is 0.268. The molecule has 1 atom stereocenters. The van der Waals surface area contributed by atoms with E-state index in [0.29, 0.717) is 22.6 Å². The van der Waals surface area contributed by atoms with E-state index < -0.39 is 16.8 Å². The van der Waals surface area contributed by atoms with Gasteiger partial charge >= 0.3 is 5.97 Å². The quantitative estimate of drug-likeness (QED) is 0.879. The molecule has 0 unspecified atom stereocenters. The predicted molar refractivity (Wildman–Crippen MR) is 64.5 cm³/mol. The van der Waals surface area contributed by atoms with Crippen LogP contribution < -0.4 is 0 Å². The lowest BCUT2D eigenvalue weighted by Crippen LogP contribution is -2.09. The van der Waals surface area contributed by atoms with Crippen LogP contribution in [-0.4, -0.2) is 21.0 Å². The van der Waals surface area contributed by atoms with E-state index in [1.165, 1.54) is 0 Å². The highest BCUT2D eigenvalue weighted by molar-refractivity contribution is 7.85. The van der Waals surface area contributed by atoms with Crippen molar-refractivity contribution in [1.29, 1.82) is 0 Å². The molecule has 1 aromatic carbocycles. The maximum Gasteiger partial charge on any atom is 0.336 e. The molecule has 88 valence electrons. The zero-order valence-corrected chi connectivity index (χ0v) is 10.6. The number of carboxylic acid groups (broad SMARTS) is 1. The fraction of sp³-hybridized carbons (Fsp3) is 0.417. The summed E-state index contributed by atoms with van der Waals surface area (Å²) in [6, 6.07) is 3.32. The molecule has 0 fully saturated rings. The first-order valence-corrected chi connectivity index (χ1v) is 6.58. The summed E-state index contributed by atoms with van der Waals surface area (Å²) >= 11 is 0. The van der Waals surface area contributed by atoms with E-state index in [1.807, 2.05) is 20.8 Å². The number of hydrogen-bond donors (Lipinski definition) is 1. The average molecular weight is 240 g/mol. The fourth-order valence-electron chi connectivity index (χ4n) is 1.76. The molecular formula is C12H16O3S. The summed E-state index contributed by atoms with van der Waals surface area (Å²) in [6.45, 7) is 5.59. The summed E-state index contributed by atoms with van der Waals surface area (Å²) in [5, 5.41) is 9.07. The van der Waals surface area contributed by atoms with Crippen LogP contribution in [0.3, 0.4) is 0 Å². The monoisotopic (exact) mass is 240 g/mol. The van der Waals surface area contributed by atoms with Crippen molar-refractivity contribution < 1.29 is 14.1 Å². The Morgan fingerprint density at radius 3 is 2.44 bits per heavy atom. The largest absolute Gasteiger partial charge is 0.478 e. The second kappa shape index (κ2) is 5.25. The molecule has 0 saturated heterocycles. The van der Waals surface area contributed by atoms with Gasteiger partial charge in [-0.1, -0.05) is 19.9 Å². The van der Waals surface area contributed by atoms with Crippen LogP contribution in [0.5, 0.6) is 0 Å². The molecule has 0 amide bonds. The number of hydrogen-bond acceptors (Lipinski definition) is 2. The highest BCUT2D eigenvalue weighted by atomic mass is 32.2.